The highest BCUT2D eigenvalue weighted by Gasteiger charge is 2.22. The number of carbonyl (C=O) groups is 3. The summed E-state index contributed by atoms with van der Waals surface area (Å²) in [5.74, 6) is -0.755. The van der Waals surface area contributed by atoms with Gasteiger partial charge in [-0.2, -0.15) is 0 Å². The number of pyridine rings is 1. The molecule has 1 aliphatic heterocycles. The first-order valence-corrected chi connectivity index (χ1v) is 15.4. The summed E-state index contributed by atoms with van der Waals surface area (Å²) in [7, 11) is 5.48. The molecule has 9 nitrogen and oxygen atoms in total. The van der Waals surface area contributed by atoms with Crippen molar-refractivity contribution in [3.63, 3.8) is 0 Å². The van der Waals surface area contributed by atoms with Gasteiger partial charge in [0.1, 0.15) is 18.1 Å². The van der Waals surface area contributed by atoms with Gasteiger partial charge in [0, 0.05) is 55.9 Å². The number of benzene rings is 2. The predicted octanol–water partition coefficient (Wildman–Crippen LogP) is 6.18. The van der Waals surface area contributed by atoms with Gasteiger partial charge < -0.3 is 24.2 Å². The van der Waals surface area contributed by atoms with E-state index in [1.807, 2.05) is 49.3 Å². The van der Waals surface area contributed by atoms with Crippen molar-refractivity contribution in [1.82, 2.24) is 14.8 Å². The summed E-state index contributed by atoms with van der Waals surface area (Å²) in [6, 6.07) is 17.1. The maximum absolute atomic E-state index is 15.1. The van der Waals surface area contributed by atoms with Gasteiger partial charge in [0.25, 0.3) is 0 Å². The first-order chi connectivity index (χ1) is 21.7. The Morgan fingerprint density at radius 3 is 2.53 bits per heavy atom. The smallest absolute Gasteiger partial charge is 0.410 e. The average molecular weight is 631 g/mol. The van der Waals surface area contributed by atoms with Crippen LogP contribution in [0.2, 0.25) is 0 Å². The lowest BCUT2D eigenvalue weighted by molar-refractivity contribution is -0.126. The zero-order chi connectivity index (χ0) is 31.9. The van der Waals surface area contributed by atoms with Crippen molar-refractivity contribution in [2.45, 2.75) is 19.3 Å². The number of ketones is 1. The second-order valence-electron chi connectivity index (χ2n) is 11.0. The quantitative estimate of drug-likeness (QED) is 0.183. The molecule has 2 amide bonds. The van der Waals surface area contributed by atoms with Crippen LogP contribution in [0.1, 0.15) is 23.3 Å². The standard InChI is InChI=1S/C34H35FN4O5S/c1-37(2)17-18-43-34(42)39-15-12-24(13-16-39)31-22-28-33(45-31)30(11-14-36-28)44-29-10-9-23(20-27(29)35)19-26(40)21-32(41)38(3)25-7-5-4-6-8-25/h4-12,14,20,22H,13,15-19,21H2,1-3H3. The first-order valence-electron chi connectivity index (χ1n) is 14.6. The van der Waals surface area contributed by atoms with E-state index in [4.69, 9.17) is 9.47 Å². The molecule has 234 valence electrons. The Kier molecular flexibility index (Phi) is 10.2. The van der Waals surface area contributed by atoms with Gasteiger partial charge in [-0.3, -0.25) is 14.6 Å². The van der Waals surface area contributed by atoms with Crippen LogP contribution in [0.15, 0.2) is 72.9 Å². The van der Waals surface area contributed by atoms with Crippen molar-refractivity contribution < 1.29 is 28.2 Å². The minimum atomic E-state index is -0.609. The third kappa shape index (κ3) is 8.11. The first kappa shape index (κ1) is 31.8. The van der Waals surface area contributed by atoms with Gasteiger partial charge in [0.15, 0.2) is 11.6 Å². The van der Waals surface area contributed by atoms with E-state index in [0.717, 1.165) is 20.7 Å². The van der Waals surface area contributed by atoms with E-state index < -0.39 is 5.82 Å². The molecule has 0 saturated heterocycles. The largest absolute Gasteiger partial charge is 0.453 e. The number of halogens is 1. The number of para-hydroxylation sites is 1. The van der Waals surface area contributed by atoms with Crippen LogP contribution in [-0.2, 0) is 20.7 Å². The summed E-state index contributed by atoms with van der Waals surface area (Å²) >= 11 is 1.50. The number of nitrogens with zero attached hydrogens (tertiary/aromatic N) is 4. The molecule has 1 aliphatic rings. The highest BCUT2D eigenvalue weighted by atomic mass is 32.1. The molecule has 0 spiro atoms. The number of likely N-dealkylation sites (N-methyl/N-ethyl adjacent to an activating group) is 1. The van der Waals surface area contributed by atoms with Crippen molar-refractivity contribution >= 4 is 50.6 Å². The molecule has 0 N–H and O–H groups in total. The predicted molar refractivity (Wildman–Crippen MR) is 173 cm³/mol. The van der Waals surface area contributed by atoms with E-state index in [0.29, 0.717) is 49.7 Å². The van der Waals surface area contributed by atoms with Crippen LogP contribution in [0.5, 0.6) is 11.5 Å². The molecular formula is C34H35FN4O5S. The van der Waals surface area contributed by atoms with Crippen molar-refractivity contribution in [2.24, 2.45) is 0 Å². The van der Waals surface area contributed by atoms with Crippen LogP contribution in [0.4, 0.5) is 14.9 Å². The zero-order valence-electron chi connectivity index (χ0n) is 25.5. The lowest BCUT2D eigenvalue weighted by atomic mass is 10.1. The zero-order valence-corrected chi connectivity index (χ0v) is 26.3. The molecule has 2 aromatic heterocycles. The van der Waals surface area contributed by atoms with Gasteiger partial charge in [-0.25, -0.2) is 9.18 Å². The Hall–Kier alpha value is -4.61. The average Bonchev–Trinajstić information content (AvgIpc) is 3.48. The highest BCUT2D eigenvalue weighted by Crippen LogP contribution is 2.39. The van der Waals surface area contributed by atoms with Crippen LogP contribution in [0, 0.1) is 5.82 Å². The number of Topliss-reactive ketones (excluding diaryl/α,β-unsaturated/α-hetero) is 1. The molecule has 3 heterocycles. The van der Waals surface area contributed by atoms with Gasteiger partial charge >= 0.3 is 6.09 Å². The van der Waals surface area contributed by atoms with Crippen molar-refractivity contribution in [2.75, 3.05) is 52.3 Å². The summed E-state index contributed by atoms with van der Waals surface area (Å²) in [4.78, 5) is 48.1. The van der Waals surface area contributed by atoms with E-state index in [1.165, 1.54) is 28.4 Å². The van der Waals surface area contributed by atoms with Crippen molar-refractivity contribution in [3.8, 4) is 11.5 Å². The highest BCUT2D eigenvalue weighted by molar-refractivity contribution is 7.20. The van der Waals surface area contributed by atoms with E-state index in [1.54, 1.807) is 42.4 Å². The Morgan fingerprint density at radius 1 is 1.02 bits per heavy atom. The Labute approximate surface area is 265 Å². The number of ether oxygens (including phenoxy) is 2. The van der Waals surface area contributed by atoms with Crippen molar-refractivity contribution in [3.05, 3.63) is 89.2 Å². The van der Waals surface area contributed by atoms with Gasteiger partial charge in [0.2, 0.25) is 5.91 Å². The molecule has 0 unspecified atom stereocenters. The lowest BCUT2D eigenvalue weighted by Crippen LogP contribution is -2.36. The molecule has 0 fully saturated rings. The summed E-state index contributed by atoms with van der Waals surface area (Å²) in [6.07, 6.45) is 3.64. The topological polar surface area (TPSA) is 92.3 Å². The maximum Gasteiger partial charge on any atom is 0.410 e. The fourth-order valence-corrected chi connectivity index (χ4v) is 5.98. The molecule has 5 rings (SSSR count). The number of hydrogen-bond acceptors (Lipinski definition) is 8. The van der Waals surface area contributed by atoms with Crippen LogP contribution in [-0.4, -0.2) is 80.0 Å². The number of aromatic nitrogens is 1. The second kappa shape index (κ2) is 14.4. The fourth-order valence-electron chi connectivity index (χ4n) is 4.85. The van der Waals surface area contributed by atoms with Crippen LogP contribution in [0.3, 0.4) is 0 Å². The Morgan fingerprint density at radius 2 is 1.82 bits per heavy atom. The minimum absolute atomic E-state index is 0.0221. The summed E-state index contributed by atoms with van der Waals surface area (Å²) in [6.45, 7) is 2.02. The molecule has 0 bridgehead atoms. The van der Waals surface area contributed by atoms with Crippen LogP contribution < -0.4 is 9.64 Å². The molecular weight excluding hydrogens is 595 g/mol. The van der Waals surface area contributed by atoms with Gasteiger partial charge in [-0.05, 0) is 62.0 Å². The lowest BCUT2D eigenvalue weighted by Gasteiger charge is -2.25. The van der Waals surface area contributed by atoms with Crippen LogP contribution in [0.25, 0.3) is 15.8 Å². The SMILES string of the molecule is CN(C)CCOC(=O)N1CC=C(c2cc3nccc(Oc4ccc(CC(=O)CC(=O)N(C)c5ccccc5)cc4F)c3s2)CC1. The van der Waals surface area contributed by atoms with E-state index in [9.17, 15) is 14.4 Å². The number of fused-ring (bicyclic) bond motifs is 1. The van der Waals surface area contributed by atoms with Gasteiger partial charge in [-0.1, -0.05) is 30.3 Å². The number of anilines is 1. The fraction of sp³-hybridized carbons (Fsp3) is 0.294. The monoisotopic (exact) mass is 630 g/mol. The van der Waals surface area contributed by atoms with E-state index >= 15 is 4.39 Å². The van der Waals surface area contributed by atoms with Crippen molar-refractivity contribution in [1.29, 1.82) is 0 Å². The third-order valence-corrected chi connectivity index (χ3v) is 8.62. The molecule has 0 aliphatic carbocycles. The van der Waals surface area contributed by atoms with Gasteiger partial charge in [0.05, 0.1) is 16.6 Å². The molecule has 0 saturated carbocycles. The third-order valence-electron chi connectivity index (χ3n) is 7.41. The summed E-state index contributed by atoms with van der Waals surface area (Å²) < 4.78 is 27.3. The molecule has 0 atom stereocenters. The normalized spacial score (nSPS) is 13.1. The minimum Gasteiger partial charge on any atom is -0.453 e. The van der Waals surface area contributed by atoms with Gasteiger partial charge in [-0.15, -0.1) is 11.3 Å². The molecule has 4 aromatic rings. The van der Waals surface area contributed by atoms with Crippen LogP contribution >= 0.6 is 11.3 Å². The Bertz CT molecular complexity index is 1720. The summed E-state index contributed by atoms with van der Waals surface area (Å²) in [5, 5.41) is 0. The molecule has 2 aromatic carbocycles. The Balaban J connectivity index is 1.21. The maximum atomic E-state index is 15.1. The number of rotatable bonds is 11. The number of thiophene rings is 1. The molecule has 45 heavy (non-hydrogen) atoms. The second-order valence-corrected chi connectivity index (χ2v) is 12.1. The number of hydrogen-bond donors (Lipinski definition) is 0. The van der Waals surface area contributed by atoms with E-state index in [-0.39, 0.29) is 36.4 Å². The summed E-state index contributed by atoms with van der Waals surface area (Å²) in [5.41, 5.74) is 2.99. The number of carbonyl (C=O) groups excluding carboxylic acids is 3. The molecule has 11 heteroatoms. The molecule has 0 radical (unpaired) electrons. The number of amides is 2. The van der Waals surface area contributed by atoms with E-state index in [2.05, 4.69) is 4.98 Å².